The van der Waals surface area contributed by atoms with E-state index in [0.717, 1.165) is 31.5 Å². The Morgan fingerprint density at radius 1 is 1.24 bits per heavy atom. The number of hydrogen-bond acceptors (Lipinski definition) is 2. The third kappa shape index (κ3) is 3.41. The zero-order chi connectivity index (χ0) is 12.9. The van der Waals surface area contributed by atoms with Crippen LogP contribution in [0, 0.1) is 0 Å². The molecule has 98 valence electrons. The van der Waals surface area contributed by atoms with Gasteiger partial charge < -0.3 is 0 Å². The number of likely N-dealkylation sites (tertiary alicyclic amines) is 1. The van der Waals surface area contributed by atoms with E-state index in [2.05, 4.69) is 32.3 Å². The van der Waals surface area contributed by atoms with Gasteiger partial charge >= 0.3 is 0 Å². The minimum atomic E-state index is -0.265. The summed E-state index contributed by atoms with van der Waals surface area (Å²) in [5.41, 5.74) is 0.796. The third-order valence-corrected chi connectivity index (χ3v) is 4.25. The molecule has 1 unspecified atom stereocenters. The molecule has 1 aliphatic rings. The predicted octanol–water partition coefficient (Wildman–Crippen LogP) is 3.57. The van der Waals surface area contributed by atoms with Crippen molar-refractivity contribution < 1.29 is 4.79 Å². The number of nitrogens with zero attached hydrogens (tertiary/aromatic N) is 1. The van der Waals surface area contributed by atoms with E-state index in [0.29, 0.717) is 12.2 Å². The number of carbonyl (C=O) groups is 1. The van der Waals surface area contributed by atoms with Crippen molar-refractivity contribution in [2.24, 2.45) is 0 Å². The first-order valence-electron chi connectivity index (χ1n) is 6.99. The number of rotatable bonds is 6. The van der Waals surface area contributed by atoms with Crippen LogP contribution in [0.25, 0.3) is 0 Å². The summed E-state index contributed by atoms with van der Waals surface area (Å²) in [5.74, 6) is 0.355. The molecule has 0 amide bonds. The van der Waals surface area contributed by atoms with Crippen LogP contribution in [0.2, 0.25) is 0 Å². The molecule has 1 aliphatic heterocycles. The number of hydrogen-bond donors (Lipinski definition) is 0. The second-order valence-electron chi connectivity index (χ2n) is 5.38. The Kier molecular flexibility index (Phi) is 5.38. The Morgan fingerprint density at radius 2 is 1.82 bits per heavy atom. The van der Waals surface area contributed by atoms with Gasteiger partial charge in [0, 0.05) is 6.42 Å². The van der Waals surface area contributed by atoms with E-state index in [9.17, 15) is 4.79 Å². The molecule has 0 radical (unpaired) electrons. The first kappa shape index (κ1) is 14.4. The van der Waals surface area contributed by atoms with E-state index in [1.807, 2.05) is 0 Å². The lowest BCUT2D eigenvalue weighted by Gasteiger charge is -2.42. The van der Waals surface area contributed by atoms with E-state index in [1.165, 1.54) is 19.3 Å². The van der Waals surface area contributed by atoms with Crippen LogP contribution in [0.1, 0.15) is 59.3 Å². The second kappa shape index (κ2) is 6.34. The van der Waals surface area contributed by atoms with E-state index in [4.69, 9.17) is 0 Å². The van der Waals surface area contributed by atoms with Crippen molar-refractivity contribution in [1.29, 1.82) is 0 Å². The van der Waals surface area contributed by atoms with Gasteiger partial charge in [0.25, 0.3) is 0 Å². The van der Waals surface area contributed by atoms with Crippen LogP contribution >= 0.6 is 0 Å². The van der Waals surface area contributed by atoms with Gasteiger partial charge in [0.1, 0.15) is 0 Å². The lowest BCUT2D eigenvalue weighted by Crippen LogP contribution is -2.53. The average Bonchev–Trinajstić information content (AvgIpc) is 2.38. The first-order chi connectivity index (χ1) is 8.04. The molecule has 2 heteroatoms. The molecular weight excluding hydrogens is 210 g/mol. The molecule has 1 atom stereocenters. The van der Waals surface area contributed by atoms with Crippen LogP contribution in [-0.2, 0) is 4.79 Å². The van der Waals surface area contributed by atoms with Gasteiger partial charge in [-0.15, -0.1) is 0 Å². The number of allylic oxidation sites excluding steroid dienone is 1. The molecule has 1 saturated heterocycles. The summed E-state index contributed by atoms with van der Waals surface area (Å²) in [6.45, 7) is 12.4. The van der Waals surface area contributed by atoms with Crippen molar-refractivity contribution in [2.75, 3.05) is 13.1 Å². The highest BCUT2D eigenvalue weighted by Gasteiger charge is 2.37. The topological polar surface area (TPSA) is 20.3 Å². The molecule has 1 rings (SSSR count). The fourth-order valence-electron chi connectivity index (χ4n) is 2.53. The van der Waals surface area contributed by atoms with Gasteiger partial charge in [-0.05, 0) is 45.7 Å². The maximum atomic E-state index is 12.5. The zero-order valence-electron chi connectivity index (χ0n) is 11.7. The fraction of sp³-hybridized carbons (Fsp3) is 0.800. The summed E-state index contributed by atoms with van der Waals surface area (Å²) in [6.07, 6.45) is 6.15. The maximum absolute atomic E-state index is 12.5. The predicted molar refractivity (Wildman–Crippen MR) is 73.2 cm³/mol. The molecule has 1 heterocycles. The minimum Gasteiger partial charge on any atom is -0.297 e. The van der Waals surface area contributed by atoms with Crippen LogP contribution in [0.4, 0.5) is 0 Å². The number of carbonyl (C=O) groups excluding carboxylic acids is 1. The Bertz CT molecular complexity index is 279. The SMILES string of the molecule is C=C(CC)CC(=O)C(C)(CC)N1CCCCC1. The summed E-state index contributed by atoms with van der Waals surface area (Å²) >= 11 is 0. The summed E-state index contributed by atoms with van der Waals surface area (Å²) in [4.78, 5) is 14.9. The summed E-state index contributed by atoms with van der Waals surface area (Å²) in [7, 11) is 0. The fourth-order valence-corrected chi connectivity index (χ4v) is 2.53. The molecule has 0 aliphatic carbocycles. The molecule has 0 spiro atoms. The quantitative estimate of drug-likeness (QED) is 0.658. The van der Waals surface area contributed by atoms with Crippen molar-refractivity contribution >= 4 is 5.78 Å². The van der Waals surface area contributed by atoms with Gasteiger partial charge in [0.05, 0.1) is 5.54 Å². The van der Waals surface area contributed by atoms with Gasteiger partial charge in [-0.3, -0.25) is 9.69 Å². The van der Waals surface area contributed by atoms with Crippen molar-refractivity contribution in [3.05, 3.63) is 12.2 Å². The van der Waals surface area contributed by atoms with Crippen LogP contribution in [0.5, 0.6) is 0 Å². The lowest BCUT2D eigenvalue weighted by atomic mass is 9.85. The summed E-state index contributed by atoms with van der Waals surface area (Å²) in [6, 6.07) is 0. The second-order valence-corrected chi connectivity index (χ2v) is 5.38. The normalized spacial score (nSPS) is 20.9. The molecular formula is C15H27NO. The van der Waals surface area contributed by atoms with Gasteiger partial charge in [-0.25, -0.2) is 0 Å². The van der Waals surface area contributed by atoms with Crippen LogP contribution in [-0.4, -0.2) is 29.3 Å². The molecule has 0 N–H and O–H groups in total. The molecule has 1 fully saturated rings. The van der Waals surface area contributed by atoms with Gasteiger partial charge in [-0.2, -0.15) is 0 Å². The van der Waals surface area contributed by atoms with Crippen LogP contribution in [0.15, 0.2) is 12.2 Å². The molecule has 0 aromatic heterocycles. The molecule has 2 nitrogen and oxygen atoms in total. The molecule has 17 heavy (non-hydrogen) atoms. The Morgan fingerprint density at radius 3 is 2.29 bits per heavy atom. The van der Waals surface area contributed by atoms with E-state index in [1.54, 1.807) is 0 Å². The lowest BCUT2D eigenvalue weighted by molar-refractivity contribution is -0.130. The molecule has 0 saturated carbocycles. The Balaban J connectivity index is 2.71. The van der Waals surface area contributed by atoms with Crippen LogP contribution in [0.3, 0.4) is 0 Å². The van der Waals surface area contributed by atoms with Crippen molar-refractivity contribution in [1.82, 2.24) is 4.90 Å². The third-order valence-electron chi connectivity index (χ3n) is 4.25. The highest BCUT2D eigenvalue weighted by atomic mass is 16.1. The van der Waals surface area contributed by atoms with E-state index in [-0.39, 0.29) is 5.54 Å². The Labute approximate surface area is 106 Å². The largest absolute Gasteiger partial charge is 0.297 e. The number of Topliss-reactive ketones (excluding diaryl/α,β-unsaturated/α-hetero) is 1. The van der Waals surface area contributed by atoms with Crippen molar-refractivity contribution in [3.63, 3.8) is 0 Å². The summed E-state index contributed by atoms with van der Waals surface area (Å²) in [5, 5.41) is 0. The molecule has 0 aromatic carbocycles. The highest BCUT2D eigenvalue weighted by molar-refractivity contribution is 5.89. The monoisotopic (exact) mass is 237 g/mol. The van der Waals surface area contributed by atoms with E-state index >= 15 is 0 Å². The number of piperidine rings is 1. The van der Waals surface area contributed by atoms with Crippen molar-refractivity contribution in [3.8, 4) is 0 Å². The molecule has 0 bridgehead atoms. The van der Waals surface area contributed by atoms with Crippen LogP contribution < -0.4 is 0 Å². The number of ketones is 1. The molecule has 0 aromatic rings. The highest BCUT2D eigenvalue weighted by Crippen LogP contribution is 2.27. The van der Waals surface area contributed by atoms with Crippen molar-refractivity contribution in [2.45, 2.75) is 64.8 Å². The maximum Gasteiger partial charge on any atom is 0.156 e. The van der Waals surface area contributed by atoms with Gasteiger partial charge in [0.15, 0.2) is 5.78 Å². The average molecular weight is 237 g/mol. The smallest absolute Gasteiger partial charge is 0.156 e. The minimum absolute atomic E-state index is 0.265. The summed E-state index contributed by atoms with van der Waals surface area (Å²) < 4.78 is 0. The zero-order valence-corrected chi connectivity index (χ0v) is 11.7. The van der Waals surface area contributed by atoms with E-state index < -0.39 is 0 Å². The Hall–Kier alpha value is -0.630. The first-order valence-corrected chi connectivity index (χ1v) is 6.99. The van der Waals surface area contributed by atoms with Gasteiger partial charge in [0.2, 0.25) is 0 Å². The van der Waals surface area contributed by atoms with Gasteiger partial charge in [-0.1, -0.05) is 32.4 Å². The standard InChI is InChI=1S/C15H27NO/c1-5-13(3)12-14(17)15(4,6-2)16-10-8-7-9-11-16/h3,5-12H2,1-2,4H3.